The maximum absolute atomic E-state index is 12.1. The second kappa shape index (κ2) is 7.62. The van der Waals surface area contributed by atoms with Crippen molar-refractivity contribution in [3.05, 3.63) is 76.0 Å². The Kier molecular flexibility index (Phi) is 5.28. The van der Waals surface area contributed by atoms with Gasteiger partial charge in [-0.1, -0.05) is 17.7 Å². The molecule has 3 aromatic rings. The molecule has 3 rings (SSSR count). The maximum atomic E-state index is 12.1. The predicted octanol–water partition coefficient (Wildman–Crippen LogP) is 4.76. The van der Waals surface area contributed by atoms with Crippen molar-refractivity contribution in [1.82, 2.24) is 9.78 Å². The summed E-state index contributed by atoms with van der Waals surface area (Å²) in [6.45, 7) is 4.37. The van der Waals surface area contributed by atoms with Gasteiger partial charge in [0, 0.05) is 13.2 Å². The van der Waals surface area contributed by atoms with Crippen LogP contribution < -0.4 is 4.74 Å². The molecule has 0 aliphatic rings. The monoisotopic (exact) mass is 370 g/mol. The van der Waals surface area contributed by atoms with E-state index in [1.54, 1.807) is 25.4 Å². The zero-order valence-electron chi connectivity index (χ0n) is 14.8. The number of carbonyl (C=O) groups excluding carboxylic acids is 1. The lowest BCUT2D eigenvalue weighted by Gasteiger charge is -2.06. The standard InChI is InChI=1S/C20H19ClN2O3/c1-13-8-14(2)10-17(9-13)25-12-16-5-4-15(26-16)6-7-19(24)20-18(21)11-23(3)22-20/h4-11H,12H2,1-3H3/b7-6+. The van der Waals surface area contributed by atoms with E-state index >= 15 is 0 Å². The van der Waals surface area contributed by atoms with Gasteiger partial charge in [-0.2, -0.15) is 5.10 Å². The van der Waals surface area contributed by atoms with Gasteiger partial charge in [-0.25, -0.2) is 0 Å². The number of hydrogen-bond donors (Lipinski definition) is 0. The summed E-state index contributed by atoms with van der Waals surface area (Å²) in [6, 6.07) is 9.65. The molecule has 2 aromatic heterocycles. The second-order valence-electron chi connectivity index (χ2n) is 6.11. The second-order valence-corrected chi connectivity index (χ2v) is 6.52. The molecule has 0 unspecified atom stereocenters. The fraction of sp³-hybridized carbons (Fsp3) is 0.200. The average Bonchev–Trinajstić information content (AvgIpc) is 3.16. The molecule has 0 spiro atoms. The number of ether oxygens (including phenoxy) is 1. The van der Waals surface area contributed by atoms with E-state index in [1.165, 1.54) is 10.8 Å². The van der Waals surface area contributed by atoms with Crippen LogP contribution in [0.5, 0.6) is 5.75 Å². The lowest BCUT2D eigenvalue weighted by Crippen LogP contribution is -1.98. The molecule has 5 nitrogen and oxygen atoms in total. The summed E-state index contributed by atoms with van der Waals surface area (Å²) < 4.78 is 12.9. The van der Waals surface area contributed by atoms with E-state index in [0.29, 0.717) is 23.2 Å². The van der Waals surface area contributed by atoms with Crippen LogP contribution in [0.3, 0.4) is 0 Å². The first-order chi connectivity index (χ1) is 12.4. The zero-order valence-corrected chi connectivity index (χ0v) is 15.6. The predicted molar refractivity (Wildman–Crippen MR) is 101 cm³/mol. The van der Waals surface area contributed by atoms with Gasteiger partial charge in [-0.05, 0) is 61.4 Å². The van der Waals surface area contributed by atoms with Crippen LogP contribution in [-0.4, -0.2) is 15.6 Å². The van der Waals surface area contributed by atoms with E-state index in [2.05, 4.69) is 11.2 Å². The summed E-state index contributed by atoms with van der Waals surface area (Å²) in [5.41, 5.74) is 2.51. The SMILES string of the molecule is Cc1cc(C)cc(OCc2ccc(/C=C/C(=O)c3nn(C)cc3Cl)o2)c1. The summed E-state index contributed by atoms with van der Waals surface area (Å²) in [5, 5.41) is 4.36. The highest BCUT2D eigenvalue weighted by Gasteiger charge is 2.12. The van der Waals surface area contributed by atoms with E-state index in [9.17, 15) is 4.79 Å². The molecule has 2 heterocycles. The highest BCUT2D eigenvalue weighted by Crippen LogP contribution is 2.19. The Hall–Kier alpha value is -2.79. The minimum Gasteiger partial charge on any atom is -0.486 e. The third kappa shape index (κ3) is 4.43. The Bertz CT molecular complexity index is 949. The van der Waals surface area contributed by atoms with Crippen LogP contribution in [0.1, 0.15) is 33.1 Å². The lowest BCUT2D eigenvalue weighted by atomic mass is 10.1. The number of hydrogen-bond acceptors (Lipinski definition) is 4. The first-order valence-electron chi connectivity index (χ1n) is 8.12. The molecule has 0 fully saturated rings. The Labute approximate surface area is 156 Å². The maximum Gasteiger partial charge on any atom is 0.207 e. The molecule has 0 aliphatic heterocycles. The Morgan fingerprint density at radius 1 is 1.27 bits per heavy atom. The quantitative estimate of drug-likeness (QED) is 0.463. The average molecular weight is 371 g/mol. The van der Waals surface area contributed by atoms with Crippen molar-refractivity contribution in [2.45, 2.75) is 20.5 Å². The van der Waals surface area contributed by atoms with Crippen molar-refractivity contribution in [2.75, 3.05) is 0 Å². The minimum atomic E-state index is -0.278. The number of ketones is 1. The number of benzene rings is 1. The minimum absolute atomic E-state index is 0.218. The number of carbonyl (C=O) groups is 1. The summed E-state index contributed by atoms with van der Waals surface area (Å²) in [4.78, 5) is 12.1. The highest BCUT2D eigenvalue weighted by atomic mass is 35.5. The molecule has 0 N–H and O–H groups in total. The number of rotatable bonds is 6. The zero-order chi connectivity index (χ0) is 18.7. The Balaban J connectivity index is 1.62. The lowest BCUT2D eigenvalue weighted by molar-refractivity contribution is 0.104. The summed E-state index contributed by atoms with van der Waals surface area (Å²) >= 11 is 5.97. The van der Waals surface area contributed by atoms with Crippen molar-refractivity contribution in [1.29, 1.82) is 0 Å². The van der Waals surface area contributed by atoms with Crippen molar-refractivity contribution in [3.8, 4) is 5.75 Å². The number of nitrogens with zero attached hydrogens (tertiary/aromatic N) is 2. The number of furan rings is 1. The Morgan fingerprint density at radius 2 is 2.00 bits per heavy atom. The number of allylic oxidation sites excluding steroid dienone is 1. The molecular formula is C20H19ClN2O3. The van der Waals surface area contributed by atoms with Crippen LogP contribution in [0.15, 0.2) is 47.0 Å². The molecule has 0 amide bonds. The van der Waals surface area contributed by atoms with Gasteiger partial charge in [0.1, 0.15) is 23.9 Å². The van der Waals surface area contributed by atoms with Gasteiger partial charge in [-0.3, -0.25) is 9.48 Å². The van der Waals surface area contributed by atoms with Crippen molar-refractivity contribution in [3.63, 3.8) is 0 Å². The first kappa shape index (κ1) is 18.0. The van der Waals surface area contributed by atoms with Gasteiger partial charge in [0.25, 0.3) is 0 Å². The van der Waals surface area contributed by atoms with Gasteiger partial charge < -0.3 is 9.15 Å². The van der Waals surface area contributed by atoms with E-state index in [-0.39, 0.29) is 11.5 Å². The summed E-state index contributed by atoms with van der Waals surface area (Å²) in [7, 11) is 1.71. The molecule has 26 heavy (non-hydrogen) atoms. The molecule has 0 saturated carbocycles. The van der Waals surface area contributed by atoms with Crippen molar-refractivity contribution >= 4 is 23.5 Å². The fourth-order valence-electron chi connectivity index (χ4n) is 2.60. The van der Waals surface area contributed by atoms with Crippen molar-refractivity contribution < 1.29 is 13.9 Å². The molecule has 1 aromatic carbocycles. The van der Waals surface area contributed by atoms with Crippen LogP contribution in [0.4, 0.5) is 0 Å². The molecular weight excluding hydrogens is 352 g/mol. The van der Waals surface area contributed by atoms with Crippen LogP contribution in [0, 0.1) is 13.8 Å². The molecule has 134 valence electrons. The van der Waals surface area contributed by atoms with Gasteiger partial charge in [0.15, 0.2) is 5.69 Å². The van der Waals surface area contributed by atoms with Crippen molar-refractivity contribution in [2.24, 2.45) is 7.05 Å². The number of halogens is 1. The van der Waals surface area contributed by atoms with Gasteiger partial charge in [-0.15, -0.1) is 0 Å². The van der Waals surface area contributed by atoms with E-state index in [0.717, 1.165) is 16.9 Å². The number of aromatic nitrogens is 2. The van der Waals surface area contributed by atoms with E-state index in [1.807, 2.05) is 32.0 Å². The van der Waals surface area contributed by atoms with Crippen LogP contribution in [0.25, 0.3) is 6.08 Å². The third-order valence-electron chi connectivity index (χ3n) is 3.68. The topological polar surface area (TPSA) is 57.3 Å². The summed E-state index contributed by atoms with van der Waals surface area (Å²) in [5.74, 6) is 1.76. The normalized spacial score (nSPS) is 11.2. The molecule has 6 heteroatoms. The molecule has 0 saturated heterocycles. The smallest absolute Gasteiger partial charge is 0.207 e. The highest BCUT2D eigenvalue weighted by molar-refractivity contribution is 6.34. The summed E-state index contributed by atoms with van der Waals surface area (Å²) in [6.07, 6.45) is 4.56. The molecule has 0 aliphatic carbocycles. The molecule has 0 radical (unpaired) electrons. The largest absolute Gasteiger partial charge is 0.486 e. The van der Waals surface area contributed by atoms with Gasteiger partial charge in [0.2, 0.25) is 5.78 Å². The van der Waals surface area contributed by atoms with Crippen LogP contribution in [-0.2, 0) is 13.7 Å². The fourth-order valence-corrected chi connectivity index (χ4v) is 2.87. The van der Waals surface area contributed by atoms with E-state index in [4.69, 9.17) is 20.8 Å². The first-order valence-corrected chi connectivity index (χ1v) is 8.50. The van der Waals surface area contributed by atoms with Crippen LogP contribution >= 0.6 is 11.6 Å². The van der Waals surface area contributed by atoms with Gasteiger partial charge >= 0.3 is 0 Å². The molecule has 0 bridgehead atoms. The van der Waals surface area contributed by atoms with E-state index < -0.39 is 0 Å². The molecule has 0 atom stereocenters. The third-order valence-corrected chi connectivity index (χ3v) is 3.95. The Morgan fingerprint density at radius 3 is 2.65 bits per heavy atom. The van der Waals surface area contributed by atoms with Gasteiger partial charge in [0.05, 0.1) is 5.02 Å². The number of aryl methyl sites for hydroxylation is 3. The van der Waals surface area contributed by atoms with Crippen LogP contribution in [0.2, 0.25) is 5.02 Å².